The average molecular weight is 613 g/mol. The number of para-hydroxylation sites is 1. The van der Waals surface area contributed by atoms with E-state index in [0.29, 0.717) is 24.1 Å². The van der Waals surface area contributed by atoms with E-state index in [-0.39, 0.29) is 0 Å². The molecule has 0 saturated carbocycles. The van der Waals surface area contributed by atoms with Crippen LogP contribution in [0, 0.1) is 0 Å². The Morgan fingerprint density at radius 2 is 1.31 bits per heavy atom. The molecular formula is C40H23N3S2. The van der Waals surface area contributed by atoms with Crippen LogP contribution in [0.15, 0.2) is 144 Å². The summed E-state index contributed by atoms with van der Waals surface area (Å²) in [6.07, 6.45) is 0. The standard InChI is InChI=1S/C40H23N3S2/c1-2-13-25(14-3-1)37-29-18-8-10-20-31(29)41-40(42-37)43-38-36(35-26-15-5-4-12-24(26)22-23-33(35)45-43)28-17-7-6-16-27(28)34-30-19-9-11-21-32(30)44-39(34)38/h1-23H/i12D,16D,23D. The van der Waals surface area contributed by atoms with Crippen molar-refractivity contribution in [3.05, 3.63) is 139 Å². The van der Waals surface area contributed by atoms with Gasteiger partial charge in [-0.2, -0.15) is 0 Å². The third-order valence-corrected chi connectivity index (χ3v) is 10.8. The molecule has 3 nitrogen and oxygen atoms in total. The summed E-state index contributed by atoms with van der Waals surface area (Å²) in [7, 11) is 0. The van der Waals surface area contributed by atoms with Gasteiger partial charge in [-0.25, -0.2) is 14.3 Å². The Kier molecular flexibility index (Phi) is 4.78. The van der Waals surface area contributed by atoms with Crippen LogP contribution in [-0.2, 0) is 0 Å². The molecule has 0 aliphatic carbocycles. The second-order valence-electron chi connectivity index (χ2n) is 11.1. The van der Waals surface area contributed by atoms with Crippen molar-refractivity contribution < 1.29 is 4.11 Å². The fourth-order valence-corrected chi connectivity index (χ4v) is 9.03. The summed E-state index contributed by atoms with van der Waals surface area (Å²) in [5, 5.41) is 6.60. The maximum Gasteiger partial charge on any atom is 0.241 e. The normalized spacial score (nSPS) is 13.7. The van der Waals surface area contributed by atoms with Gasteiger partial charge in [0.25, 0.3) is 0 Å². The van der Waals surface area contributed by atoms with Crippen molar-refractivity contribution in [3.63, 3.8) is 0 Å². The molecule has 5 heteroatoms. The van der Waals surface area contributed by atoms with Crippen LogP contribution < -0.4 is 4.31 Å². The van der Waals surface area contributed by atoms with Crippen LogP contribution in [0.2, 0.25) is 0 Å². The summed E-state index contributed by atoms with van der Waals surface area (Å²) in [5.41, 5.74) is 5.48. The van der Waals surface area contributed by atoms with Gasteiger partial charge in [-0.05, 0) is 51.7 Å². The van der Waals surface area contributed by atoms with Crippen LogP contribution in [0.1, 0.15) is 4.11 Å². The van der Waals surface area contributed by atoms with Crippen LogP contribution >= 0.6 is 23.3 Å². The highest BCUT2D eigenvalue weighted by Gasteiger charge is 2.33. The highest BCUT2D eigenvalue weighted by Crippen LogP contribution is 2.59. The van der Waals surface area contributed by atoms with E-state index in [0.717, 1.165) is 85.6 Å². The number of anilines is 2. The number of benzene rings is 7. The largest absolute Gasteiger partial charge is 0.246 e. The summed E-state index contributed by atoms with van der Waals surface area (Å²) >= 11 is 3.18. The van der Waals surface area contributed by atoms with E-state index in [1.165, 1.54) is 11.9 Å². The molecular weight excluding hydrogens is 587 g/mol. The third kappa shape index (κ3) is 3.65. The molecule has 0 N–H and O–H groups in total. The summed E-state index contributed by atoms with van der Waals surface area (Å²) in [6.45, 7) is 0. The first-order valence-corrected chi connectivity index (χ1v) is 16.4. The van der Waals surface area contributed by atoms with Gasteiger partial charge in [-0.3, -0.25) is 0 Å². The Labute approximate surface area is 271 Å². The molecule has 0 amide bonds. The van der Waals surface area contributed by atoms with Gasteiger partial charge in [0.2, 0.25) is 5.95 Å². The number of rotatable bonds is 2. The zero-order valence-corrected chi connectivity index (χ0v) is 25.3. The molecule has 7 aromatic carbocycles. The number of hydrogen-bond donors (Lipinski definition) is 0. The molecule has 0 fully saturated rings. The molecule has 1 aliphatic heterocycles. The lowest BCUT2D eigenvalue weighted by molar-refractivity contribution is 1.17. The van der Waals surface area contributed by atoms with Crippen LogP contribution in [0.3, 0.4) is 0 Å². The molecule has 0 bridgehead atoms. The van der Waals surface area contributed by atoms with Gasteiger partial charge in [0.05, 0.1) is 25.7 Å². The lowest BCUT2D eigenvalue weighted by Crippen LogP contribution is -2.16. The van der Waals surface area contributed by atoms with E-state index in [1.807, 2.05) is 54.6 Å². The first-order chi connectivity index (χ1) is 23.6. The summed E-state index contributed by atoms with van der Waals surface area (Å²) < 4.78 is 31.6. The number of hydrogen-bond acceptors (Lipinski definition) is 5. The van der Waals surface area contributed by atoms with Crippen molar-refractivity contribution in [3.8, 4) is 22.4 Å². The molecule has 10 rings (SSSR count). The SMILES string of the molecule is [2H]c1cc2c([2H])cccc2c2c1SN(c1nc(-c3ccccc3)c3ccccc3n1)c1c-2c2cccc([2H])c2c2c1sc1ccccc12. The molecule has 0 spiro atoms. The molecule has 45 heavy (non-hydrogen) atoms. The minimum atomic E-state index is 0.341. The van der Waals surface area contributed by atoms with Crippen LogP contribution in [0.25, 0.3) is 75.0 Å². The van der Waals surface area contributed by atoms with Crippen molar-refractivity contribution in [1.29, 1.82) is 0 Å². The average Bonchev–Trinajstić information content (AvgIpc) is 3.51. The Morgan fingerprint density at radius 1 is 0.578 bits per heavy atom. The molecule has 0 radical (unpaired) electrons. The molecule has 0 saturated heterocycles. The minimum Gasteiger partial charge on any atom is -0.246 e. The topological polar surface area (TPSA) is 29.0 Å². The second kappa shape index (κ2) is 9.63. The van der Waals surface area contributed by atoms with Crippen molar-refractivity contribution in [2.75, 3.05) is 4.31 Å². The van der Waals surface area contributed by atoms with Crippen molar-refractivity contribution in [1.82, 2.24) is 9.97 Å². The lowest BCUT2D eigenvalue weighted by Gasteiger charge is -2.32. The predicted octanol–water partition coefficient (Wildman–Crippen LogP) is 11.8. The monoisotopic (exact) mass is 612 g/mol. The molecule has 9 aromatic rings. The number of nitrogens with zero attached hydrogens (tertiary/aromatic N) is 3. The summed E-state index contributed by atoms with van der Waals surface area (Å²) in [6, 6.07) is 41.3. The molecule has 3 heterocycles. The Bertz CT molecular complexity index is 2820. The first kappa shape index (κ1) is 22.3. The van der Waals surface area contributed by atoms with E-state index in [9.17, 15) is 2.74 Å². The van der Waals surface area contributed by atoms with Gasteiger partial charge >= 0.3 is 0 Å². The van der Waals surface area contributed by atoms with E-state index in [2.05, 4.69) is 58.9 Å². The maximum absolute atomic E-state index is 9.32. The van der Waals surface area contributed by atoms with Gasteiger partial charge in [-0.1, -0.05) is 121 Å². The third-order valence-electron chi connectivity index (χ3n) is 8.61. The molecule has 210 valence electrons. The van der Waals surface area contributed by atoms with E-state index >= 15 is 0 Å². The number of fused-ring (bicyclic) bond motifs is 13. The number of thiophene rings is 1. The van der Waals surface area contributed by atoms with Crippen molar-refractivity contribution in [2.45, 2.75) is 4.90 Å². The fourth-order valence-electron chi connectivity index (χ4n) is 6.69. The Morgan fingerprint density at radius 3 is 2.22 bits per heavy atom. The van der Waals surface area contributed by atoms with Gasteiger partial charge in [0.1, 0.15) is 0 Å². The van der Waals surface area contributed by atoms with E-state index in [1.54, 1.807) is 23.5 Å². The smallest absolute Gasteiger partial charge is 0.241 e. The van der Waals surface area contributed by atoms with E-state index in [4.69, 9.17) is 11.3 Å². The van der Waals surface area contributed by atoms with E-state index < -0.39 is 0 Å². The van der Waals surface area contributed by atoms with Crippen molar-refractivity contribution in [2.24, 2.45) is 0 Å². The zero-order valence-electron chi connectivity index (χ0n) is 26.7. The molecule has 0 unspecified atom stereocenters. The highest BCUT2D eigenvalue weighted by atomic mass is 32.2. The summed E-state index contributed by atoms with van der Waals surface area (Å²) in [4.78, 5) is 11.3. The lowest BCUT2D eigenvalue weighted by atomic mass is 9.90. The molecule has 1 aliphatic rings. The fraction of sp³-hybridized carbons (Fsp3) is 0. The van der Waals surface area contributed by atoms with Crippen LogP contribution in [-0.4, -0.2) is 9.97 Å². The first-order valence-electron chi connectivity index (χ1n) is 16.3. The Balaban J connectivity index is 1.41. The number of aromatic nitrogens is 2. The van der Waals surface area contributed by atoms with Crippen molar-refractivity contribution >= 4 is 87.5 Å². The van der Waals surface area contributed by atoms with Crippen LogP contribution in [0.4, 0.5) is 11.6 Å². The van der Waals surface area contributed by atoms with Gasteiger partial charge in [-0.15, -0.1) is 11.3 Å². The minimum absolute atomic E-state index is 0.341. The Hall–Kier alpha value is -5.23. The van der Waals surface area contributed by atoms with Gasteiger partial charge < -0.3 is 0 Å². The highest BCUT2D eigenvalue weighted by molar-refractivity contribution is 8.01. The van der Waals surface area contributed by atoms with Crippen LogP contribution in [0.5, 0.6) is 0 Å². The van der Waals surface area contributed by atoms with Gasteiger partial charge in [0.15, 0.2) is 0 Å². The second-order valence-corrected chi connectivity index (χ2v) is 13.1. The molecule has 0 atom stereocenters. The molecule has 2 aromatic heterocycles. The zero-order chi connectivity index (χ0) is 32.1. The quantitative estimate of drug-likeness (QED) is 0.182. The summed E-state index contributed by atoms with van der Waals surface area (Å²) in [5.74, 6) is 0.526. The van der Waals surface area contributed by atoms with Gasteiger partial charge in [0, 0.05) is 42.4 Å². The predicted molar refractivity (Wildman–Crippen MR) is 193 cm³/mol. The maximum atomic E-state index is 9.32.